The topological polar surface area (TPSA) is 63.2 Å². The molecule has 5 heteroatoms. The maximum atomic E-state index is 12.1. The minimum atomic E-state index is -3.12. The molecule has 1 aliphatic rings. The van der Waals surface area contributed by atoms with Crippen LogP contribution in [0.15, 0.2) is 24.3 Å². The van der Waals surface area contributed by atoms with Gasteiger partial charge in [-0.3, -0.25) is 4.79 Å². The van der Waals surface area contributed by atoms with E-state index < -0.39 is 9.84 Å². The van der Waals surface area contributed by atoms with E-state index in [0.29, 0.717) is 0 Å². The van der Waals surface area contributed by atoms with Crippen molar-refractivity contribution in [3.05, 3.63) is 29.8 Å². The molecule has 0 aliphatic heterocycles. The summed E-state index contributed by atoms with van der Waals surface area (Å²) in [4.78, 5) is 11.9. The standard InChI is InChI=1S/C15H21NO3S/c1-12-6-2-5-9-14(12)16-15(17)10-11-20(18,19)13-7-3-4-8-13/h2,5-6,9,13H,3-4,7-8,10-11H2,1H3,(H,16,17). The lowest BCUT2D eigenvalue weighted by Gasteiger charge is -2.11. The molecule has 110 valence electrons. The maximum absolute atomic E-state index is 12.1. The summed E-state index contributed by atoms with van der Waals surface area (Å²) in [6.07, 6.45) is 3.51. The largest absolute Gasteiger partial charge is 0.326 e. The van der Waals surface area contributed by atoms with Gasteiger partial charge in [0.1, 0.15) is 0 Å². The van der Waals surface area contributed by atoms with Gasteiger partial charge in [-0.15, -0.1) is 0 Å². The van der Waals surface area contributed by atoms with E-state index in [-0.39, 0.29) is 23.3 Å². The number of carbonyl (C=O) groups is 1. The van der Waals surface area contributed by atoms with Crippen molar-refractivity contribution in [2.75, 3.05) is 11.1 Å². The number of carbonyl (C=O) groups excluding carboxylic acids is 1. The Bertz CT molecular complexity index is 575. The van der Waals surface area contributed by atoms with Crippen LogP contribution in [0.2, 0.25) is 0 Å². The van der Waals surface area contributed by atoms with E-state index in [4.69, 9.17) is 0 Å². The Kier molecular flexibility index (Phi) is 4.81. The summed E-state index contributed by atoms with van der Waals surface area (Å²) in [6, 6.07) is 7.47. The van der Waals surface area contributed by atoms with Crippen molar-refractivity contribution in [1.29, 1.82) is 0 Å². The van der Waals surface area contributed by atoms with Gasteiger partial charge in [0, 0.05) is 12.1 Å². The Morgan fingerprint density at radius 1 is 1.25 bits per heavy atom. The molecule has 1 N–H and O–H groups in total. The molecule has 0 bridgehead atoms. The molecule has 1 aliphatic carbocycles. The van der Waals surface area contributed by atoms with Crippen molar-refractivity contribution < 1.29 is 13.2 Å². The van der Waals surface area contributed by atoms with Gasteiger partial charge in [0.25, 0.3) is 0 Å². The van der Waals surface area contributed by atoms with Crippen molar-refractivity contribution in [2.24, 2.45) is 0 Å². The molecule has 1 amide bonds. The van der Waals surface area contributed by atoms with E-state index in [0.717, 1.165) is 36.9 Å². The Labute approximate surface area is 120 Å². The molecule has 20 heavy (non-hydrogen) atoms. The molecule has 4 nitrogen and oxygen atoms in total. The van der Waals surface area contributed by atoms with Gasteiger partial charge in [0.2, 0.25) is 5.91 Å². The zero-order valence-electron chi connectivity index (χ0n) is 11.8. The second-order valence-electron chi connectivity index (χ2n) is 5.39. The van der Waals surface area contributed by atoms with Gasteiger partial charge < -0.3 is 5.32 Å². The van der Waals surface area contributed by atoms with Gasteiger partial charge in [0.05, 0.1) is 11.0 Å². The quantitative estimate of drug-likeness (QED) is 0.908. The lowest BCUT2D eigenvalue weighted by Crippen LogP contribution is -2.24. The highest BCUT2D eigenvalue weighted by Gasteiger charge is 2.28. The highest BCUT2D eigenvalue weighted by Crippen LogP contribution is 2.25. The first kappa shape index (κ1) is 15.0. The highest BCUT2D eigenvalue weighted by atomic mass is 32.2. The van der Waals surface area contributed by atoms with Crippen LogP contribution in [-0.4, -0.2) is 25.3 Å². The smallest absolute Gasteiger partial charge is 0.225 e. The number of anilines is 1. The molecule has 1 saturated carbocycles. The number of aryl methyl sites for hydroxylation is 1. The minimum absolute atomic E-state index is 0.0349. The van der Waals surface area contributed by atoms with E-state index in [1.807, 2.05) is 31.2 Å². The van der Waals surface area contributed by atoms with Crippen LogP contribution in [0.3, 0.4) is 0 Å². The molecular weight excluding hydrogens is 274 g/mol. The molecule has 0 unspecified atom stereocenters. The van der Waals surface area contributed by atoms with E-state index >= 15 is 0 Å². The molecule has 1 fully saturated rings. The third kappa shape index (κ3) is 3.82. The molecular formula is C15H21NO3S. The number of rotatable bonds is 5. The second-order valence-corrected chi connectivity index (χ2v) is 7.79. The molecule has 0 heterocycles. The van der Waals surface area contributed by atoms with Crippen LogP contribution >= 0.6 is 0 Å². The molecule has 2 rings (SSSR count). The third-order valence-electron chi connectivity index (χ3n) is 3.84. The van der Waals surface area contributed by atoms with E-state index in [1.165, 1.54) is 0 Å². The summed E-state index contributed by atoms with van der Waals surface area (Å²) in [5.74, 6) is -0.282. The van der Waals surface area contributed by atoms with Crippen molar-refractivity contribution in [2.45, 2.75) is 44.3 Å². The van der Waals surface area contributed by atoms with Crippen molar-refractivity contribution in [3.8, 4) is 0 Å². The van der Waals surface area contributed by atoms with Gasteiger partial charge in [0.15, 0.2) is 9.84 Å². The SMILES string of the molecule is Cc1ccccc1NC(=O)CCS(=O)(=O)C1CCCC1. The van der Waals surface area contributed by atoms with Gasteiger partial charge in [-0.25, -0.2) is 8.42 Å². The fourth-order valence-corrected chi connectivity index (χ4v) is 4.43. The normalized spacial score (nSPS) is 16.2. The predicted octanol–water partition coefficient (Wildman–Crippen LogP) is 2.68. The molecule has 0 saturated heterocycles. The highest BCUT2D eigenvalue weighted by molar-refractivity contribution is 7.92. The molecule has 1 aromatic rings. The second kappa shape index (κ2) is 6.39. The minimum Gasteiger partial charge on any atom is -0.326 e. The monoisotopic (exact) mass is 295 g/mol. The average Bonchev–Trinajstić information content (AvgIpc) is 2.94. The first-order valence-corrected chi connectivity index (χ1v) is 8.77. The zero-order valence-corrected chi connectivity index (χ0v) is 12.6. The zero-order chi connectivity index (χ0) is 14.6. The fraction of sp³-hybridized carbons (Fsp3) is 0.533. The summed E-state index contributed by atoms with van der Waals surface area (Å²) in [6.45, 7) is 1.91. The molecule has 0 atom stereocenters. The number of nitrogens with one attached hydrogen (secondary N) is 1. The number of para-hydroxylation sites is 1. The van der Waals surface area contributed by atoms with Gasteiger partial charge in [-0.2, -0.15) is 0 Å². The molecule has 1 aromatic carbocycles. The van der Waals surface area contributed by atoms with Crippen LogP contribution in [0.4, 0.5) is 5.69 Å². The molecule has 0 radical (unpaired) electrons. The van der Waals surface area contributed by atoms with Crippen LogP contribution in [0, 0.1) is 6.92 Å². The summed E-state index contributed by atoms with van der Waals surface area (Å²) in [5, 5.41) is 2.54. The third-order valence-corrected chi connectivity index (χ3v) is 6.10. The summed E-state index contributed by atoms with van der Waals surface area (Å²) < 4.78 is 24.2. The van der Waals surface area contributed by atoms with E-state index in [1.54, 1.807) is 0 Å². The number of hydrogen-bond donors (Lipinski definition) is 1. The first-order chi connectivity index (χ1) is 9.49. The number of hydrogen-bond acceptors (Lipinski definition) is 3. The van der Waals surface area contributed by atoms with Crippen LogP contribution in [0.5, 0.6) is 0 Å². The maximum Gasteiger partial charge on any atom is 0.225 e. The van der Waals surface area contributed by atoms with Crippen LogP contribution in [0.25, 0.3) is 0 Å². The Morgan fingerprint density at radius 2 is 1.90 bits per heavy atom. The summed E-state index contributed by atoms with van der Waals surface area (Å²) >= 11 is 0. The Hall–Kier alpha value is -1.36. The Balaban J connectivity index is 1.88. The first-order valence-electron chi connectivity index (χ1n) is 7.06. The summed E-state index contributed by atoms with van der Waals surface area (Å²) in [7, 11) is -3.12. The lowest BCUT2D eigenvalue weighted by molar-refractivity contribution is -0.115. The summed E-state index contributed by atoms with van der Waals surface area (Å²) in [5.41, 5.74) is 1.72. The van der Waals surface area contributed by atoms with Crippen LogP contribution in [0.1, 0.15) is 37.7 Å². The average molecular weight is 295 g/mol. The van der Waals surface area contributed by atoms with Crippen LogP contribution < -0.4 is 5.32 Å². The van der Waals surface area contributed by atoms with Gasteiger partial charge in [-0.1, -0.05) is 31.0 Å². The number of amides is 1. The van der Waals surface area contributed by atoms with Crippen molar-refractivity contribution in [1.82, 2.24) is 0 Å². The van der Waals surface area contributed by atoms with E-state index in [9.17, 15) is 13.2 Å². The van der Waals surface area contributed by atoms with Crippen molar-refractivity contribution >= 4 is 21.4 Å². The van der Waals surface area contributed by atoms with Gasteiger partial charge >= 0.3 is 0 Å². The van der Waals surface area contributed by atoms with Gasteiger partial charge in [-0.05, 0) is 31.4 Å². The van der Waals surface area contributed by atoms with Crippen molar-refractivity contribution in [3.63, 3.8) is 0 Å². The number of benzene rings is 1. The van der Waals surface area contributed by atoms with E-state index in [2.05, 4.69) is 5.32 Å². The fourth-order valence-electron chi connectivity index (χ4n) is 2.57. The van der Waals surface area contributed by atoms with Crippen LogP contribution in [-0.2, 0) is 14.6 Å². The molecule has 0 spiro atoms. The number of sulfone groups is 1. The predicted molar refractivity (Wildman–Crippen MR) is 80.5 cm³/mol. The molecule has 0 aromatic heterocycles. The Morgan fingerprint density at radius 3 is 2.55 bits per heavy atom. The lowest BCUT2D eigenvalue weighted by atomic mass is 10.2.